The summed E-state index contributed by atoms with van der Waals surface area (Å²) in [5.74, 6) is 0.827. The maximum Gasteiger partial charge on any atom is 0.191 e. The SMILES string of the molecule is CN=C(NCCCCCOC)NCc1ccnn1C. The van der Waals surface area contributed by atoms with Crippen molar-refractivity contribution in [3.05, 3.63) is 18.0 Å². The second-order valence-corrected chi connectivity index (χ2v) is 4.35. The van der Waals surface area contributed by atoms with Gasteiger partial charge in [-0.1, -0.05) is 0 Å². The van der Waals surface area contributed by atoms with Crippen LogP contribution in [0.25, 0.3) is 0 Å². The van der Waals surface area contributed by atoms with Crippen molar-refractivity contribution >= 4 is 5.96 Å². The van der Waals surface area contributed by atoms with Gasteiger partial charge in [0.05, 0.1) is 12.2 Å². The summed E-state index contributed by atoms with van der Waals surface area (Å²) in [4.78, 5) is 4.19. The van der Waals surface area contributed by atoms with Crippen molar-refractivity contribution in [3.63, 3.8) is 0 Å². The van der Waals surface area contributed by atoms with Crippen molar-refractivity contribution in [2.45, 2.75) is 25.8 Å². The zero-order valence-electron chi connectivity index (χ0n) is 12.1. The molecular weight excluding hydrogens is 242 g/mol. The van der Waals surface area contributed by atoms with Crippen LogP contribution in [-0.2, 0) is 18.3 Å². The Labute approximate surface area is 115 Å². The first-order chi connectivity index (χ1) is 9.27. The van der Waals surface area contributed by atoms with Crippen molar-refractivity contribution in [2.24, 2.45) is 12.0 Å². The fraction of sp³-hybridized carbons (Fsp3) is 0.692. The van der Waals surface area contributed by atoms with Gasteiger partial charge in [-0.3, -0.25) is 9.67 Å². The highest BCUT2D eigenvalue weighted by Crippen LogP contribution is 1.95. The van der Waals surface area contributed by atoms with Gasteiger partial charge in [0.2, 0.25) is 0 Å². The number of rotatable bonds is 8. The minimum atomic E-state index is 0.722. The molecule has 0 unspecified atom stereocenters. The van der Waals surface area contributed by atoms with Gasteiger partial charge >= 0.3 is 0 Å². The number of aromatic nitrogens is 2. The number of methoxy groups -OCH3 is 1. The molecule has 0 aliphatic carbocycles. The smallest absolute Gasteiger partial charge is 0.191 e. The average molecular weight is 267 g/mol. The lowest BCUT2D eigenvalue weighted by Gasteiger charge is -2.11. The number of hydrogen-bond acceptors (Lipinski definition) is 3. The molecule has 0 spiro atoms. The summed E-state index contributed by atoms with van der Waals surface area (Å²) in [5, 5.41) is 10.7. The molecule has 6 heteroatoms. The van der Waals surface area contributed by atoms with Crippen LogP contribution in [-0.4, -0.2) is 43.0 Å². The van der Waals surface area contributed by atoms with Crippen molar-refractivity contribution in [2.75, 3.05) is 27.3 Å². The number of ether oxygens (including phenoxy) is 1. The van der Waals surface area contributed by atoms with Crippen LogP contribution in [0.1, 0.15) is 25.0 Å². The molecule has 0 radical (unpaired) electrons. The van der Waals surface area contributed by atoms with Gasteiger partial charge in [-0.2, -0.15) is 5.10 Å². The van der Waals surface area contributed by atoms with E-state index in [1.54, 1.807) is 20.4 Å². The maximum atomic E-state index is 5.02. The normalized spacial score (nSPS) is 11.6. The Morgan fingerprint density at radius 1 is 1.37 bits per heavy atom. The molecule has 0 saturated carbocycles. The third-order valence-corrected chi connectivity index (χ3v) is 2.90. The lowest BCUT2D eigenvalue weighted by Crippen LogP contribution is -2.37. The number of nitrogens with one attached hydrogen (secondary N) is 2. The molecule has 0 aromatic carbocycles. The third kappa shape index (κ3) is 6.24. The minimum absolute atomic E-state index is 0.722. The van der Waals surface area contributed by atoms with Crippen LogP contribution in [0.15, 0.2) is 17.3 Å². The molecule has 19 heavy (non-hydrogen) atoms. The van der Waals surface area contributed by atoms with E-state index in [2.05, 4.69) is 20.7 Å². The molecule has 0 aliphatic rings. The average Bonchev–Trinajstić information content (AvgIpc) is 2.83. The summed E-state index contributed by atoms with van der Waals surface area (Å²) in [6, 6.07) is 1.99. The molecule has 6 nitrogen and oxygen atoms in total. The van der Waals surface area contributed by atoms with E-state index in [1.807, 2.05) is 17.8 Å². The highest BCUT2D eigenvalue weighted by Gasteiger charge is 2.00. The molecule has 108 valence electrons. The molecule has 1 heterocycles. The third-order valence-electron chi connectivity index (χ3n) is 2.90. The van der Waals surface area contributed by atoms with Gasteiger partial charge in [-0.15, -0.1) is 0 Å². The number of aliphatic imine (C=N–C) groups is 1. The van der Waals surface area contributed by atoms with E-state index >= 15 is 0 Å². The molecule has 1 aromatic rings. The number of unbranched alkanes of at least 4 members (excludes halogenated alkanes) is 2. The molecule has 0 fully saturated rings. The first-order valence-corrected chi connectivity index (χ1v) is 6.68. The molecule has 0 bridgehead atoms. The molecular formula is C13H25N5O. The van der Waals surface area contributed by atoms with E-state index < -0.39 is 0 Å². The molecule has 0 saturated heterocycles. The molecule has 0 aliphatic heterocycles. The Morgan fingerprint density at radius 2 is 2.21 bits per heavy atom. The van der Waals surface area contributed by atoms with E-state index in [1.165, 1.54) is 6.42 Å². The monoisotopic (exact) mass is 267 g/mol. The molecule has 2 N–H and O–H groups in total. The Balaban J connectivity index is 2.15. The van der Waals surface area contributed by atoms with Crippen molar-refractivity contribution in [1.29, 1.82) is 0 Å². The Bertz CT molecular complexity index is 375. The second kappa shape index (κ2) is 9.38. The summed E-state index contributed by atoms with van der Waals surface area (Å²) in [6.45, 7) is 2.49. The molecule has 1 rings (SSSR count). The first kappa shape index (κ1) is 15.5. The van der Waals surface area contributed by atoms with Gasteiger partial charge in [-0.25, -0.2) is 0 Å². The van der Waals surface area contributed by atoms with Gasteiger partial charge in [0.15, 0.2) is 5.96 Å². The fourth-order valence-electron chi connectivity index (χ4n) is 1.72. The van der Waals surface area contributed by atoms with Crippen molar-refractivity contribution < 1.29 is 4.74 Å². The summed E-state index contributed by atoms with van der Waals surface area (Å²) in [7, 11) is 5.45. The van der Waals surface area contributed by atoms with Gasteiger partial charge < -0.3 is 15.4 Å². The predicted molar refractivity (Wildman–Crippen MR) is 77.1 cm³/mol. The van der Waals surface area contributed by atoms with E-state index in [4.69, 9.17) is 4.74 Å². The van der Waals surface area contributed by atoms with Crippen LogP contribution in [0.3, 0.4) is 0 Å². The minimum Gasteiger partial charge on any atom is -0.385 e. The number of guanidine groups is 1. The number of aryl methyl sites for hydroxylation is 1. The standard InChI is InChI=1S/C13H25N5O/c1-14-13(15-8-5-4-6-10-19-3)16-11-12-7-9-17-18(12)2/h7,9H,4-6,8,10-11H2,1-3H3,(H2,14,15,16). The summed E-state index contributed by atoms with van der Waals surface area (Å²) in [5.41, 5.74) is 1.13. The molecule has 0 atom stereocenters. The maximum absolute atomic E-state index is 5.02. The predicted octanol–water partition coefficient (Wildman–Crippen LogP) is 0.902. The molecule has 1 aromatic heterocycles. The Kier molecular flexibility index (Phi) is 7.65. The highest BCUT2D eigenvalue weighted by molar-refractivity contribution is 5.79. The second-order valence-electron chi connectivity index (χ2n) is 4.35. The van der Waals surface area contributed by atoms with Gasteiger partial charge in [-0.05, 0) is 25.3 Å². The van der Waals surface area contributed by atoms with Crippen LogP contribution < -0.4 is 10.6 Å². The lowest BCUT2D eigenvalue weighted by molar-refractivity contribution is 0.192. The van der Waals surface area contributed by atoms with E-state index in [0.717, 1.165) is 44.2 Å². The fourth-order valence-corrected chi connectivity index (χ4v) is 1.72. The van der Waals surface area contributed by atoms with Crippen LogP contribution in [0, 0.1) is 0 Å². The molecule has 0 amide bonds. The Morgan fingerprint density at radius 3 is 2.84 bits per heavy atom. The van der Waals surface area contributed by atoms with E-state index in [9.17, 15) is 0 Å². The van der Waals surface area contributed by atoms with E-state index in [0.29, 0.717) is 0 Å². The quantitative estimate of drug-likeness (QED) is 0.417. The van der Waals surface area contributed by atoms with Crippen LogP contribution in [0.2, 0.25) is 0 Å². The van der Waals surface area contributed by atoms with E-state index in [-0.39, 0.29) is 0 Å². The number of nitrogens with zero attached hydrogens (tertiary/aromatic N) is 3. The van der Waals surface area contributed by atoms with Gasteiger partial charge in [0.25, 0.3) is 0 Å². The lowest BCUT2D eigenvalue weighted by atomic mass is 10.2. The van der Waals surface area contributed by atoms with Crippen molar-refractivity contribution in [3.8, 4) is 0 Å². The van der Waals surface area contributed by atoms with Crippen LogP contribution in [0.4, 0.5) is 0 Å². The Hall–Kier alpha value is -1.56. The van der Waals surface area contributed by atoms with Gasteiger partial charge in [0, 0.05) is 40.6 Å². The first-order valence-electron chi connectivity index (χ1n) is 6.68. The summed E-state index contributed by atoms with van der Waals surface area (Å²) >= 11 is 0. The zero-order valence-corrected chi connectivity index (χ0v) is 12.1. The topological polar surface area (TPSA) is 63.5 Å². The van der Waals surface area contributed by atoms with Crippen LogP contribution >= 0.6 is 0 Å². The summed E-state index contributed by atoms with van der Waals surface area (Å²) in [6.07, 6.45) is 5.19. The highest BCUT2D eigenvalue weighted by atomic mass is 16.5. The number of hydrogen-bond donors (Lipinski definition) is 2. The van der Waals surface area contributed by atoms with Crippen molar-refractivity contribution in [1.82, 2.24) is 20.4 Å². The summed E-state index contributed by atoms with van der Waals surface area (Å²) < 4.78 is 6.87. The zero-order chi connectivity index (χ0) is 13.9. The van der Waals surface area contributed by atoms with Gasteiger partial charge in [0.1, 0.15) is 0 Å². The van der Waals surface area contributed by atoms with Crippen LogP contribution in [0.5, 0.6) is 0 Å². The largest absolute Gasteiger partial charge is 0.385 e.